The molecular formula is C25H36N6O6. The van der Waals surface area contributed by atoms with E-state index in [0.29, 0.717) is 51.6 Å². The fourth-order valence-electron chi connectivity index (χ4n) is 6.53. The van der Waals surface area contributed by atoms with Crippen LogP contribution in [0.1, 0.15) is 70.8 Å². The van der Waals surface area contributed by atoms with Gasteiger partial charge in [0.25, 0.3) is 5.91 Å². The molecule has 12 nitrogen and oxygen atoms in total. The number of carbonyl (C=O) groups excluding carboxylic acids is 3. The van der Waals surface area contributed by atoms with Gasteiger partial charge >= 0.3 is 11.7 Å². The van der Waals surface area contributed by atoms with E-state index < -0.39 is 28.5 Å². The number of nitrogen functional groups attached to an aromatic ring is 1. The summed E-state index contributed by atoms with van der Waals surface area (Å²) in [4.78, 5) is 57.1. The summed E-state index contributed by atoms with van der Waals surface area (Å²) in [5, 5.41) is 14.1. The van der Waals surface area contributed by atoms with Gasteiger partial charge in [0.05, 0.1) is 23.9 Å². The van der Waals surface area contributed by atoms with Gasteiger partial charge in [-0.2, -0.15) is 4.98 Å². The first-order chi connectivity index (χ1) is 17.5. The van der Waals surface area contributed by atoms with Gasteiger partial charge in [-0.1, -0.05) is 12.8 Å². The lowest BCUT2D eigenvalue weighted by atomic mass is 9.75. The van der Waals surface area contributed by atoms with Gasteiger partial charge in [0.1, 0.15) is 11.4 Å². The summed E-state index contributed by atoms with van der Waals surface area (Å²) in [5.74, 6) is -0.0456. The topological polar surface area (TPSA) is 160 Å². The first-order valence-corrected chi connectivity index (χ1v) is 13.2. The second-order valence-corrected chi connectivity index (χ2v) is 11.2. The molecule has 5 rings (SSSR count). The van der Waals surface area contributed by atoms with Crippen molar-refractivity contribution in [2.24, 2.45) is 0 Å². The number of aliphatic hydroxyl groups is 1. The standard InChI is InChI=1S/C25H36N6O6/c1-23(36)16-24(37-15-17(23)30-12-6-18(26)27-21(30)34)9-13-29(14-10-24)19(32)5-4-11-31-20(33)25(28-22(31)35)7-2-3-8-25/h6,12,17,36H,2-5,7-11,13-16H2,1H3,(H,28,35)(H2,26,27,34)/t17-,23-/m1/s1. The van der Waals surface area contributed by atoms with E-state index in [1.165, 1.54) is 21.7 Å². The third-order valence-electron chi connectivity index (χ3n) is 8.64. The molecule has 2 atom stereocenters. The normalized spacial score (nSPS) is 28.8. The Morgan fingerprint density at radius 3 is 2.57 bits per heavy atom. The van der Waals surface area contributed by atoms with Crippen LogP contribution in [0.25, 0.3) is 0 Å². The van der Waals surface area contributed by atoms with E-state index in [0.717, 1.165) is 12.8 Å². The molecule has 1 aliphatic carbocycles. The van der Waals surface area contributed by atoms with E-state index in [4.69, 9.17) is 10.5 Å². The highest BCUT2D eigenvalue weighted by Gasteiger charge is 2.52. The molecule has 12 heteroatoms. The maximum absolute atomic E-state index is 12.9. The van der Waals surface area contributed by atoms with Crippen LogP contribution in [0.2, 0.25) is 0 Å². The molecule has 4 heterocycles. The Hall–Kier alpha value is -2.99. The largest absolute Gasteiger partial charge is 0.388 e. The van der Waals surface area contributed by atoms with Crippen molar-refractivity contribution in [2.75, 3.05) is 32.0 Å². The zero-order valence-electron chi connectivity index (χ0n) is 21.3. The maximum Gasteiger partial charge on any atom is 0.349 e. The molecule has 1 aromatic heterocycles. The maximum atomic E-state index is 12.9. The van der Waals surface area contributed by atoms with Crippen LogP contribution < -0.4 is 16.7 Å². The van der Waals surface area contributed by atoms with Gasteiger partial charge in [-0.05, 0) is 45.1 Å². The van der Waals surface area contributed by atoms with Crippen LogP contribution in [-0.4, -0.2) is 85.3 Å². The van der Waals surface area contributed by atoms with Crippen LogP contribution in [0, 0.1) is 0 Å². The van der Waals surface area contributed by atoms with E-state index in [9.17, 15) is 24.3 Å². The van der Waals surface area contributed by atoms with Crippen molar-refractivity contribution in [1.29, 1.82) is 0 Å². The van der Waals surface area contributed by atoms with Gasteiger partial charge in [0.15, 0.2) is 0 Å². The van der Waals surface area contributed by atoms with Crippen LogP contribution in [0.4, 0.5) is 10.6 Å². The molecule has 4 aliphatic rings. The number of likely N-dealkylation sites (tertiary alicyclic amines) is 1. The van der Waals surface area contributed by atoms with E-state index in [-0.39, 0.29) is 43.2 Å². The smallest absolute Gasteiger partial charge is 0.349 e. The van der Waals surface area contributed by atoms with Crippen LogP contribution >= 0.6 is 0 Å². The number of ether oxygens (including phenoxy) is 1. The average Bonchev–Trinajstić information content (AvgIpc) is 3.40. The Balaban J connectivity index is 1.11. The molecule has 0 unspecified atom stereocenters. The number of imide groups is 1. The number of amides is 4. The van der Waals surface area contributed by atoms with Crippen molar-refractivity contribution >= 4 is 23.7 Å². The average molecular weight is 517 g/mol. The SMILES string of the molecule is C[C@@]1(O)CC2(CCN(C(=O)CCCN3C(=O)NC4(CCCC4)C3=O)CC2)OC[C@H]1n1ccc(N)nc1=O. The zero-order chi connectivity index (χ0) is 26.4. The fraction of sp³-hybridized carbons (Fsp3) is 0.720. The summed E-state index contributed by atoms with van der Waals surface area (Å²) in [6, 6.07) is 0.577. The molecule has 4 N–H and O–H groups in total. The van der Waals surface area contributed by atoms with Gasteiger partial charge in [-0.25, -0.2) is 9.59 Å². The fourth-order valence-corrected chi connectivity index (χ4v) is 6.53. The van der Waals surface area contributed by atoms with Gasteiger partial charge < -0.3 is 25.8 Å². The van der Waals surface area contributed by atoms with Crippen LogP contribution in [0.3, 0.4) is 0 Å². The second-order valence-electron chi connectivity index (χ2n) is 11.2. The van der Waals surface area contributed by atoms with E-state index in [2.05, 4.69) is 10.3 Å². The highest BCUT2D eigenvalue weighted by Crippen LogP contribution is 2.43. The molecule has 3 aliphatic heterocycles. The van der Waals surface area contributed by atoms with Crippen LogP contribution in [0.15, 0.2) is 17.1 Å². The van der Waals surface area contributed by atoms with Gasteiger partial charge in [-0.3, -0.25) is 19.1 Å². The number of rotatable bonds is 5. The summed E-state index contributed by atoms with van der Waals surface area (Å²) >= 11 is 0. The summed E-state index contributed by atoms with van der Waals surface area (Å²) in [6.07, 6.45) is 6.93. The molecule has 4 fully saturated rings. The predicted molar refractivity (Wildman–Crippen MR) is 132 cm³/mol. The van der Waals surface area contributed by atoms with Crippen molar-refractivity contribution < 1.29 is 24.2 Å². The molecule has 3 saturated heterocycles. The van der Waals surface area contributed by atoms with Crippen LogP contribution in [0.5, 0.6) is 0 Å². The van der Waals surface area contributed by atoms with Crippen molar-refractivity contribution in [3.63, 3.8) is 0 Å². The lowest BCUT2D eigenvalue weighted by molar-refractivity contribution is -0.198. The number of carbonyl (C=O) groups is 3. The third kappa shape index (κ3) is 4.72. The monoisotopic (exact) mass is 516 g/mol. The zero-order valence-corrected chi connectivity index (χ0v) is 21.3. The van der Waals surface area contributed by atoms with Crippen molar-refractivity contribution in [3.8, 4) is 0 Å². The number of nitrogens with two attached hydrogens (primary N) is 1. The van der Waals surface area contributed by atoms with Crippen LogP contribution in [-0.2, 0) is 14.3 Å². The number of anilines is 1. The van der Waals surface area contributed by atoms with Crippen molar-refractivity contribution in [1.82, 2.24) is 24.7 Å². The molecule has 0 aromatic carbocycles. The summed E-state index contributed by atoms with van der Waals surface area (Å²) in [6.45, 7) is 3.08. The summed E-state index contributed by atoms with van der Waals surface area (Å²) in [7, 11) is 0. The highest BCUT2D eigenvalue weighted by atomic mass is 16.5. The molecule has 4 amide bonds. The first-order valence-electron chi connectivity index (χ1n) is 13.2. The molecule has 0 bridgehead atoms. The number of nitrogens with zero attached hydrogens (tertiary/aromatic N) is 4. The van der Waals surface area contributed by atoms with Gasteiger partial charge in [0.2, 0.25) is 5.91 Å². The van der Waals surface area contributed by atoms with E-state index in [1.807, 2.05) is 0 Å². The molecular weight excluding hydrogens is 480 g/mol. The summed E-state index contributed by atoms with van der Waals surface area (Å²) in [5.41, 5.74) is 2.56. The molecule has 37 heavy (non-hydrogen) atoms. The number of urea groups is 1. The van der Waals surface area contributed by atoms with Gasteiger partial charge in [-0.15, -0.1) is 0 Å². The number of hydrogen-bond acceptors (Lipinski definition) is 8. The molecule has 0 radical (unpaired) electrons. The minimum Gasteiger partial charge on any atom is -0.388 e. The van der Waals surface area contributed by atoms with E-state index in [1.54, 1.807) is 11.8 Å². The molecule has 1 saturated carbocycles. The Bertz CT molecular complexity index is 1130. The molecule has 2 spiro atoms. The molecule has 1 aromatic rings. The highest BCUT2D eigenvalue weighted by molar-refractivity contribution is 6.07. The number of hydrogen-bond donors (Lipinski definition) is 3. The lowest BCUT2D eigenvalue weighted by Crippen LogP contribution is -2.59. The van der Waals surface area contributed by atoms with Crippen molar-refractivity contribution in [2.45, 2.75) is 87.5 Å². The number of aromatic nitrogens is 2. The second kappa shape index (κ2) is 9.39. The minimum absolute atomic E-state index is 0.0163. The Kier molecular flexibility index (Phi) is 6.51. The minimum atomic E-state index is -1.20. The number of piperidine rings is 1. The van der Waals surface area contributed by atoms with E-state index >= 15 is 0 Å². The van der Waals surface area contributed by atoms with Gasteiger partial charge in [0, 0.05) is 38.7 Å². The third-order valence-corrected chi connectivity index (χ3v) is 8.64. The lowest BCUT2D eigenvalue weighted by Gasteiger charge is -2.51. The Morgan fingerprint density at radius 2 is 1.92 bits per heavy atom. The summed E-state index contributed by atoms with van der Waals surface area (Å²) < 4.78 is 7.60. The molecule has 202 valence electrons. The first kappa shape index (κ1) is 25.7. The quantitative estimate of drug-likeness (QED) is 0.478. The Morgan fingerprint density at radius 1 is 1.22 bits per heavy atom. The van der Waals surface area contributed by atoms with Crippen molar-refractivity contribution in [3.05, 3.63) is 22.7 Å². The number of nitrogens with one attached hydrogen (secondary N) is 1. The predicted octanol–water partition coefficient (Wildman–Crippen LogP) is 0.544. The Labute approximate surface area is 215 Å².